The minimum atomic E-state index is 0.507. The van der Waals surface area contributed by atoms with Crippen LogP contribution in [0.25, 0.3) is 0 Å². The van der Waals surface area contributed by atoms with Gasteiger partial charge in [-0.15, -0.1) is 5.11 Å². The molecule has 4 nitrogen and oxygen atoms in total. The Bertz CT molecular complexity index is 589. The highest BCUT2D eigenvalue weighted by molar-refractivity contribution is 5.75. The Morgan fingerprint density at radius 3 is 2.26 bits per heavy atom. The monoisotopic (exact) mass is 252 g/mol. The van der Waals surface area contributed by atoms with Crippen molar-refractivity contribution in [3.05, 3.63) is 54.1 Å². The largest absolute Gasteiger partial charge is 0.376 e. The zero-order valence-electron chi connectivity index (χ0n) is 10.9. The number of hydrogen-bond acceptors (Lipinski definition) is 4. The van der Waals surface area contributed by atoms with Gasteiger partial charge in [-0.3, -0.25) is 4.79 Å². The van der Waals surface area contributed by atoms with E-state index in [-0.39, 0.29) is 0 Å². The highest BCUT2D eigenvalue weighted by atomic mass is 16.1. The van der Waals surface area contributed by atoms with E-state index in [1.165, 1.54) is 0 Å². The van der Waals surface area contributed by atoms with Crippen LogP contribution in [0.4, 0.5) is 17.1 Å². The quantitative estimate of drug-likeness (QED) is 0.780. The van der Waals surface area contributed by atoms with Gasteiger partial charge in [-0.1, -0.05) is 12.1 Å². The first-order valence-corrected chi connectivity index (χ1v) is 5.87. The molecule has 0 saturated heterocycles. The van der Waals surface area contributed by atoms with Crippen LogP contribution in [-0.4, -0.2) is 20.4 Å². The molecule has 95 valence electrons. The fraction of sp³-hybridized carbons (Fsp3) is 0.133. The molecule has 2 aromatic rings. The van der Waals surface area contributed by atoms with E-state index in [1.807, 2.05) is 49.5 Å². The van der Waals surface area contributed by atoms with E-state index in [0.29, 0.717) is 11.3 Å². The first-order chi connectivity index (χ1) is 9.20. The summed E-state index contributed by atoms with van der Waals surface area (Å²) in [5, 5.41) is 8.40. The Labute approximate surface area is 112 Å². The van der Waals surface area contributed by atoms with Crippen LogP contribution in [0.3, 0.4) is 0 Å². The maximum atomic E-state index is 10.4. The summed E-state index contributed by atoms with van der Waals surface area (Å²) < 4.78 is 0. The number of para-hydroxylation sites is 1. The molecule has 0 aliphatic carbocycles. The minimum absolute atomic E-state index is 0.507. The molecule has 0 amide bonds. The van der Waals surface area contributed by atoms with Gasteiger partial charge in [0.2, 0.25) is 6.29 Å². The van der Waals surface area contributed by atoms with E-state index >= 15 is 0 Å². The molecule has 0 saturated carbocycles. The standard InChI is InChI=1S/C15H14N3O/c1-18(2)15-6-4-3-5-14(15)17-16-13-9-7-12(11-19)8-10-13/h3-10H,1-2H3. The number of hydrogen-bond donors (Lipinski definition) is 0. The maximum Gasteiger partial charge on any atom is 0.233 e. The summed E-state index contributed by atoms with van der Waals surface area (Å²) in [6, 6.07) is 14.6. The van der Waals surface area contributed by atoms with Crippen LogP contribution in [0.15, 0.2) is 58.8 Å². The summed E-state index contributed by atoms with van der Waals surface area (Å²) in [6.07, 6.45) is 1.82. The summed E-state index contributed by atoms with van der Waals surface area (Å²) in [4.78, 5) is 12.4. The van der Waals surface area contributed by atoms with Gasteiger partial charge in [0, 0.05) is 19.7 Å². The van der Waals surface area contributed by atoms with E-state index in [2.05, 4.69) is 10.2 Å². The molecule has 2 aromatic carbocycles. The molecule has 0 bridgehead atoms. The summed E-state index contributed by atoms with van der Waals surface area (Å²) in [5.74, 6) is 0. The molecule has 0 aromatic heterocycles. The van der Waals surface area contributed by atoms with Gasteiger partial charge in [-0.2, -0.15) is 5.11 Å². The van der Waals surface area contributed by atoms with Gasteiger partial charge in [-0.05, 0) is 36.4 Å². The van der Waals surface area contributed by atoms with E-state index < -0.39 is 0 Å². The van der Waals surface area contributed by atoms with Gasteiger partial charge in [0.1, 0.15) is 5.69 Å². The van der Waals surface area contributed by atoms with Gasteiger partial charge in [-0.25, -0.2) is 0 Å². The molecule has 0 aliphatic heterocycles. The number of anilines is 1. The van der Waals surface area contributed by atoms with Crippen molar-refractivity contribution < 1.29 is 4.79 Å². The number of nitrogens with zero attached hydrogens (tertiary/aromatic N) is 3. The lowest BCUT2D eigenvalue weighted by atomic mass is 10.2. The first kappa shape index (κ1) is 13.0. The van der Waals surface area contributed by atoms with E-state index in [0.717, 1.165) is 11.4 Å². The second-order valence-corrected chi connectivity index (χ2v) is 4.23. The first-order valence-electron chi connectivity index (χ1n) is 5.87. The van der Waals surface area contributed by atoms with Crippen LogP contribution in [-0.2, 0) is 4.79 Å². The van der Waals surface area contributed by atoms with Crippen molar-refractivity contribution in [1.82, 2.24) is 0 Å². The Balaban J connectivity index is 2.24. The molecular weight excluding hydrogens is 238 g/mol. The van der Waals surface area contributed by atoms with Crippen LogP contribution in [0.2, 0.25) is 0 Å². The summed E-state index contributed by atoms with van der Waals surface area (Å²) in [5.41, 5.74) is 3.02. The van der Waals surface area contributed by atoms with Crippen molar-refractivity contribution in [2.24, 2.45) is 10.2 Å². The highest BCUT2D eigenvalue weighted by Crippen LogP contribution is 2.28. The van der Waals surface area contributed by atoms with Gasteiger partial charge in [0.05, 0.1) is 11.4 Å². The zero-order valence-corrected chi connectivity index (χ0v) is 10.9. The van der Waals surface area contributed by atoms with Crippen LogP contribution in [0.1, 0.15) is 5.56 Å². The minimum Gasteiger partial charge on any atom is -0.376 e. The van der Waals surface area contributed by atoms with Crippen molar-refractivity contribution in [3.8, 4) is 0 Å². The third-order valence-electron chi connectivity index (χ3n) is 2.62. The summed E-state index contributed by atoms with van der Waals surface area (Å²) >= 11 is 0. The fourth-order valence-electron chi connectivity index (χ4n) is 1.63. The Morgan fingerprint density at radius 1 is 0.947 bits per heavy atom. The molecule has 0 atom stereocenters. The van der Waals surface area contributed by atoms with Gasteiger partial charge < -0.3 is 4.90 Å². The van der Waals surface area contributed by atoms with Crippen molar-refractivity contribution >= 4 is 23.3 Å². The molecule has 0 fully saturated rings. The van der Waals surface area contributed by atoms with Crippen LogP contribution >= 0.6 is 0 Å². The lowest BCUT2D eigenvalue weighted by Gasteiger charge is -2.13. The van der Waals surface area contributed by atoms with Crippen LogP contribution in [0.5, 0.6) is 0 Å². The summed E-state index contributed by atoms with van der Waals surface area (Å²) in [6.45, 7) is 0. The lowest BCUT2D eigenvalue weighted by molar-refractivity contribution is 0.563. The molecule has 0 unspecified atom stereocenters. The van der Waals surface area contributed by atoms with Crippen molar-refractivity contribution in [2.45, 2.75) is 0 Å². The van der Waals surface area contributed by atoms with Crippen molar-refractivity contribution in [1.29, 1.82) is 0 Å². The molecule has 19 heavy (non-hydrogen) atoms. The second-order valence-electron chi connectivity index (χ2n) is 4.23. The predicted molar refractivity (Wildman–Crippen MR) is 76.2 cm³/mol. The molecule has 0 aliphatic rings. The fourth-order valence-corrected chi connectivity index (χ4v) is 1.63. The highest BCUT2D eigenvalue weighted by Gasteiger charge is 2.01. The number of rotatable bonds is 4. The van der Waals surface area contributed by atoms with E-state index in [4.69, 9.17) is 0 Å². The predicted octanol–water partition coefficient (Wildman–Crippen LogP) is 3.63. The lowest BCUT2D eigenvalue weighted by Crippen LogP contribution is -2.08. The van der Waals surface area contributed by atoms with Crippen LogP contribution in [0, 0.1) is 0 Å². The third kappa shape index (κ3) is 3.25. The molecule has 4 heteroatoms. The smallest absolute Gasteiger partial charge is 0.233 e. The van der Waals surface area contributed by atoms with Gasteiger partial charge in [0.15, 0.2) is 0 Å². The van der Waals surface area contributed by atoms with Crippen molar-refractivity contribution in [3.63, 3.8) is 0 Å². The zero-order chi connectivity index (χ0) is 13.7. The Morgan fingerprint density at radius 2 is 1.63 bits per heavy atom. The molecular formula is C15H14N3O. The molecule has 0 N–H and O–H groups in total. The number of benzene rings is 2. The molecule has 0 heterocycles. The molecule has 2 rings (SSSR count). The Hall–Kier alpha value is -2.49. The number of carbonyl (C=O) groups excluding carboxylic acids is 1. The normalized spacial score (nSPS) is 10.6. The Kier molecular flexibility index (Phi) is 4.03. The summed E-state index contributed by atoms with van der Waals surface area (Å²) in [7, 11) is 3.92. The SMILES string of the molecule is CN(C)c1ccccc1N=Nc1ccc([C]=O)cc1. The number of azo groups is 1. The average molecular weight is 252 g/mol. The average Bonchev–Trinajstić information content (AvgIpc) is 2.46. The third-order valence-corrected chi connectivity index (χ3v) is 2.62. The maximum absolute atomic E-state index is 10.4. The van der Waals surface area contributed by atoms with Gasteiger partial charge in [0.25, 0.3) is 0 Å². The van der Waals surface area contributed by atoms with Crippen LogP contribution < -0.4 is 4.90 Å². The van der Waals surface area contributed by atoms with Crippen molar-refractivity contribution in [2.75, 3.05) is 19.0 Å². The van der Waals surface area contributed by atoms with Gasteiger partial charge >= 0.3 is 0 Å². The topological polar surface area (TPSA) is 45.0 Å². The second kappa shape index (κ2) is 5.91. The molecule has 0 spiro atoms. The van der Waals surface area contributed by atoms with E-state index in [9.17, 15) is 4.79 Å². The van der Waals surface area contributed by atoms with E-state index in [1.54, 1.807) is 24.3 Å². The molecule has 1 radical (unpaired) electrons.